The average Bonchev–Trinajstić information content (AvgIpc) is 2.71. The molecule has 1 aliphatic heterocycles. The molecule has 2 heterocycles. The van der Waals surface area contributed by atoms with E-state index in [9.17, 15) is 0 Å². The van der Waals surface area contributed by atoms with Gasteiger partial charge in [-0.05, 0) is 31.5 Å². The highest BCUT2D eigenvalue weighted by molar-refractivity contribution is 7.03. The molecule has 0 amide bonds. The normalized spacial score (nSPS) is 23.6. The first-order chi connectivity index (χ1) is 6.34. The second-order valence-electron chi connectivity index (χ2n) is 3.59. The Morgan fingerprint density at radius 3 is 3.31 bits per heavy atom. The summed E-state index contributed by atoms with van der Waals surface area (Å²) in [6, 6.07) is 0. The molecule has 2 rings (SSSR count). The smallest absolute Gasteiger partial charge is 0.150 e. The summed E-state index contributed by atoms with van der Waals surface area (Å²) in [5.41, 5.74) is 0. The highest BCUT2D eigenvalue weighted by atomic mass is 32.1. The highest BCUT2D eigenvalue weighted by Crippen LogP contribution is 2.17. The highest BCUT2D eigenvalue weighted by Gasteiger charge is 2.19. The molecule has 1 aromatic rings. The minimum absolute atomic E-state index is 0.699. The van der Waals surface area contributed by atoms with Crippen LogP contribution in [0.1, 0.15) is 6.42 Å². The Hall–Kier alpha value is -0.610. The lowest BCUT2D eigenvalue weighted by molar-refractivity contribution is 0.249. The summed E-state index contributed by atoms with van der Waals surface area (Å²) < 4.78 is 9.59. The van der Waals surface area contributed by atoms with Crippen molar-refractivity contribution in [3.05, 3.63) is 11.6 Å². The van der Waals surface area contributed by atoms with E-state index in [-0.39, 0.29) is 0 Å². The molecular weight excluding hydrogens is 184 g/mol. The largest absolute Gasteiger partial charge is 0.491 e. The van der Waals surface area contributed by atoms with Crippen LogP contribution in [0, 0.1) is 5.92 Å². The molecule has 0 spiro atoms. The predicted octanol–water partition coefficient (Wildman–Crippen LogP) is 1.47. The fourth-order valence-electron chi connectivity index (χ4n) is 1.64. The van der Waals surface area contributed by atoms with Gasteiger partial charge >= 0.3 is 0 Å². The van der Waals surface area contributed by atoms with Gasteiger partial charge in [-0.1, -0.05) is 0 Å². The van der Waals surface area contributed by atoms with Gasteiger partial charge in [-0.3, -0.25) is 0 Å². The lowest BCUT2D eigenvalue weighted by atomic mass is 10.1. The number of ether oxygens (including phenoxy) is 1. The Kier molecular flexibility index (Phi) is 2.80. The first-order valence-corrected chi connectivity index (χ1v) is 5.39. The molecule has 1 aromatic heterocycles. The van der Waals surface area contributed by atoms with Gasteiger partial charge in [-0.2, -0.15) is 4.37 Å². The first-order valence-electron chi connectivity index (χ1n) is 4.55. The minimum Gasteiger partial charge on any atom is -0.491 e. The van der Waals surface area contributed by atoms with Crippen molar-refractivity contribution in [1.29, 1.82) is 0 Å². The van der Waals surface area contributed by atoms with E-state index in [1.807, 2.05) is 5.38 Å². The zero-order valence-corrected chi connectivity index (χ0v) is 8.59. The maximum absolute atomic E-state index is 5.60. The molecule has 1 saturated heterocycles. The quantitative estimate of drug-likeness (QED) is 0.735. The van der Waals surface area contributed by atoms with Gasteiger partial charge in [0.15, 0.2) is 0 Å². The minimum atomic E-state index is 0.699. The third-order valence-corrected chi connectivity index (χ3v) is 2.95. The molecule has 1 fully saturated rings. The molecule has 1 unspecified atom stereocenters. The molecule has 0 saturated carbocycles. The van der Waals surface area contributed by atoms with Crippen molar-refractivity contribution in [2.75, 3.05) is 26.7 Å². The van der Waals surface area contributed by atoms with Crippen LogP contribution in [-0.2, 0) is 0 Å². The predicted molar refractivity (Wildman–Crippen MR) is 53.2 cm³/mol. The van der Waals surface area contributed by atoms with Crippen LogP contribution >= 0.6 is 11.5 Å². The summed E-state index contributed by atoms with van der Waals surface area (Å²) in [5, 5.41) is 1.94. The topological polar surface area (TPSA) is 25.4 Å². The van der Waals surface area contributed by atoms with E-state index in [0.29, 0.717) is 5.92 Å². The van der Waals surface area contributed by atoms with Crippen molar-refractivity contribution >= 4 is 11.5 Å². The van der Waals surface area contributed by atoms with E-state index in [0.717, 1.165) is 18.9 Å². The fraction of sp³-hybridized carbons (Fsp3) is 0.667. The monoisotopic (exact) mass is 198 g/mol. The fourth-order valence-corrected chi connectivity index (χ4v) is 2.10. The van der Waals surface area contributed by atoms with Crippen molar-refractivity contribution in [2.45, 2.75) is 6.42 Å². The molecule has 1 aliphatic rings. The van der Waals surface area contributed by atoms with Crippen LogP contribution in [0.3, 0.4) is 0 Å². The van der Waals surface area contributed by atoms with Crippen LogP contribution < -0.4 is 4.74 Å². The second kappa shape index (κ2) is 4.07. The third-order valence-electron chi connectivity index (χ3n) is 2.38. The van der Waals surface area contributed by atoms with E-state index in [2.05, 4.69) is 16.3 Å². The third kappa shape index (κ3) is 2.42. The molecule has 72 valence electrons. The SMILES string of the molecule is CN1CCC(COc2cnsc2)C1. The molecular formula is C9H14N2OS. The second-order valence-corrected chi connectivity index (χ2v) is 4.25. The van der Waals surface area contributed by atoms with Gasteiger partial charge in [0.1, 0.15) is 5.75 Å². The molecule has 1 atom stereocenters. The van der Waals surface area contributed by atoms with Crippen molar-refractivity contribution in [3.8, 4) is 5.75 Å². The summed E-state index contributed by atoms with van der Waals surface area (Å²) in [6.45, 7) is 3.20. The van der Waals surface area contributed by atoms with Gasteiger partial charge < -0.3 is 9.64 Å². The Morgan fingerprint density at radius 2 is 2.69 bits per heavy atom. The van der Waals surface area contributed by atoms with E-state index in [1.54, 1.807) is 6.20 Å². The average molecular weight is 198 g/mol. The Balaban J connectivity index is 1.74. The maximum Gasteiger partial charge on any atom is 0.150 e. The molecule has 3 nitrogen and oxygen atoms in total. The van der Waals surface area contributed by atoms with Crippen LogP contribution in [0.4, 0.5) is 0 Å². The van der Waals surface area contributed by atoms with Crippen molar-refractivity contribution in [1.82, 2.24) is 9.27 Å². The summed E-state index contributed by atoms with van der Waals surface area (Å²) in [7, 11) is 2.16. The van der Waals surface area contributed by atoms with Gasteiger partial charge in [-0.15, -0.1) is 0 Å². The van der Waals surface area contributed by atoms with Crippen molar-refractivity contribution < 1.29 is 4.74 Å². The van der Waals surface area contributed by atoms with Gasteiger partial charge in [0, 0.05) is 12.5 Å². The van der Waals surface area contributed by atoms with Gasteiger partial charge in [0.05, 0.1) is 18.2 Å². The van der Waals surface area contributed by atoms with Gasteiger partial charge in [-0.25, -0.2) is 0 Å². The van der Waals surface area contributed by atoms with Gasteiger partial charge in [0.25, 0.3) is 0 Å². The lowest BCUT2D eigenvalue weighted by Crippen LogP contribution is -2.17. The zero-order valence-electron chi connectivity index (χ0n) is 7.77. The Morgan fingerprint density at radius 1 is 1.77 bits per heavy atom. The van der Waals surface area contributed by atoms with E-state index in [4.69, 9.17) is 4.74 Å². The lowest BCUT2D eigenvalue weighted by Gasteiger charge is -2.10. The molecule has 0 bridgehead atoms. The number of rotatable bonds is 3. The number of likely N-dealkylation sites (tertiary alicyclic amines) is 1. The van der Waals surface area contributed by atoms with E-state index >= 15 is 0 Å². The van der Waals surface area contributed by atoms with Crippen LogP contribution in [0.5, 0.6) is 5.75 Å². The zero-order chi connectivity index (χ0) is 9.10. The Bertz CT molecular complexity index is 250. The first kappa shape index (κ1) is 8.97. The molecule has 0 radical (unpaired) electrons. The number of aromatic nitrogens is 1. The molecule has 0 N–H and O–H groups in total. The molecule has 0 aromatic carbocycles. The van der Waals surface area contributed by atoms with Crippen LogP contribution in [0.25, 0.3) is 0 Å². The van der Waals surface area contributed by atoms with Gasteiger partial charge in [0.2, 0.25) is 0 Å². The summed E-state index contributed by atoms with van der Waals surface area (Å²) >= 11 is 1.44. The maximum atomic E-state index is 5.60. The van der Waals surface area contributed by atoms with E-state index < -0.39 is 0 Å². The number of hydrogen-bond donors (Lipinski definition) is 0. The van der Waals surface area contributed by atoms with Crippen molar-refractivity contribution in [3.63, 3.8) is 0 Å². The van der Waals surface area contributed by atoms with Crippen LogP contribution in [0.2, 0.25) is 0 Å². The summed E-state index contributed by atoms with van der Waals surface area (Å²) in [6.07, 6.45) is 3.04. The van der Waals surface area contributed by atoms with Crippen LogP contribution in [-0.4, -0.2) is 36.0 Å². The molecule has 13 heavy (non-hydrogen) atoms. The van der Waals surface area contributed by atoms with Crippen LogP contribution in [0.15, 0.2) is 11.6 Å². The Labute approximate surface area is 82.5 Å². The summed E-state index contributed by atoms with van der Waals surface area (Å²) in [5.74, 6) is 1.62. The van der Waals surface area contributed by atoms with Crippen molar-refractivity contribution in [2.24, 2.45) is 5.92 Å². The summed E-state index contributed by atoms with van der Waals surface area (Å²) in [4.78, 5) is 2.35. The standard InChI is InChI=1S/C9H14N2OS/c1-11-3-2-8(5-11)6-12-9-4-10-13-7-9/h4,7-8H,2-3,5-6H2,1H3. The molecule has 4 heteroatoms. The number of nitrogens with zero attached hydrogens (tertiary/aromatic N) is 2. The number of hydrogen-bond acceptors (Lipinski definition) is 4. The molecule has 0 aliphatic carbocycles. The van der Waals surface area contributed by atoms with E-state index in [1.165, 1.54) is 24.5 Å².